The molecule has 0 saturated carbocycles. The van der Waals surface area contributed by atoms with Crippen LogP contribution in [0.3, 0.4) is 0 Å². The molecule has 1 unspecified atom stereocenters. The molecule has 0 bridgehead atoms. The van der Waals surface area contributed by atoms with Gasteiger partial charge >= 0.3 is 6.03 Å². The van der Waals surface area contributed by atoms with E-state index < -0.39 is 35.4 Å². The molecule has 2 aromatic carbocycles. The Morgan fingerprint density at radius 2 is 1.63 bits per heavy atom. The summed E-state index contributed by atoms with van der Waals surface area (Å²) < 4.78 is 40.1. The number of benzene rings is 2. The Labute approximate surface area is 178 Å². The van der Waals surface area contributed by atoms with Gasteiger partial charge in [-0.2, -0.15) is 0 Å². The lowest BCUT2D eigenvalue weighted by Gasteiger charge is -2.29. The van der Waals surface area contributed by atoms with Crippen molar-refractivity contribution in [1.82, 2.24) is 10.0 Å². The van der Waals surface area contributed by atoms with Crippen molar-refractivity contribution in [3.63, 3.8) is 0 Å². The summed E-state index contributed by atoms with van der Waals surface area (Å²) in [6.07, 6.45) is 0.299. The van der Waals surface area contributed by atoms with Crippen LogP contribution in [0.1, 0.15) is 18.4 Å². The van der Waals surface area contributed by atoms with Gasteiger partial charge in [-0.1, -0.05) is 18.2 Å². The maximum atomic E-state index is 13.8. The third-order valence-corrected chi connectivity index (χ3v) is 4.59. The molecule has 1 aliphatic rings. The normalized spacial score (nSPS) is 14.3. The van der Waals surface area contributed by atoms with Gasteiger partial charge < -0.3 is 11.1 Å². The van der Waals surface area contributed by atoms with Crippen molar-refractivity contribution in [2.24, 2.45) is 5.73 Å². The fourth-order valence-corrected chi connectivity index (χ4v) is 3.20. The Balaban J connectivity index is 0.00000320. The molecule has 1 saturated heterocycles. The lowest BCUT2D eigenvalue weighted by molar-refractivity contribution is -0.140. The van der Waals surface area contributed by atoms with Gasteiger partial charge in [0.05, 0.1) is 0 Å². The molecule has 0 radical (unpaired) electrons. The molecule has 0 aromatic heterocycles. The molecule has 0 spiro atoms. The molecule has 3 rings (SSSR count). The third kappa shape index (κ3) is 5.64. The quantitative estimate of drug-likeness (QED) is 0.696. The number of carbonyl (C=O) groups is 2. The fraction of sp³-hybridized carbons (Fsp3) is 0.300. The molecule has 1 atom stereocenters. The van der Waals surface area contributed by atoms with Crippen molar-refractivity contribution in [2.75, 3.05) is 18.4 Å². The van der Waals surface area contributed by atoms with Gasteiger partial charge in [-0.05, 0) is 36.6 Å². The molecule has 1 aliphatic heterocycles. The summed E-state index contributed by atoms with van der Waals surface area (Å²) in [6, 6.07) is 8.76. The maximum absolute atomic E-state index is 13.8. The molecule has 10 heteroatoms. The Morgan fingerprint density at radius 3 is 2.33 bits per heavy atom. The number of halogens is 4. The van der Waals surface area contributed by atoms with Crippen LogP contribution in [0.25, 0.3) is 0 Å². The van der Waals surface area contributed by atoms with Gasteiger partial charge in [0.15, 0.2) is 11.6 Å². The summed E-state index contributed by atoms with van der Waals surface area (Å²) in [5.41, 5.74) is 6.42. The molecule has 0 aliphatic carbocycles. The van der Waals surface area contributed by atoms with Crippen LogP contribution in [0.5, 0.6) is 0 Å². The molecule has 3 amide bonds. The molecule has 1 heterocycles. The molecule has 30 heavy (non-hydrogen) atoms. The predicted molar refractivity (Wildman–Crippen MR) is 108 cm³/mol. The largest absolute Gasteiger partial charge is 0.340 e. The smallest absolute Gasteiger partial charge is 0.327 e. The number of amides is 3. The summed E-state index contributed by atoms with van der Waals surface area (Å²) in [5, 5.41) is 5.33. The van der Waals surface area contributed by atoms with Gasteiger partial charge in [-0.25, -0.2) is 28.0 Å². The first-order valence-electron chi connectivity index (χ1n) is 9.18. The molecular weight excluding hydrogens is 421 g/mol. The van der Waals surface area contributed by atoms with E-state index in [1.54, 1.807) is 24.3 Å². The minimum atomic E-state index is -1.28. The summed E-state index contributed by atoms with van der Waals surface area (Å²) in [4.78, 5) is 25.1. The molecule has 3 N–H and O–H groups in total. The van der Waals surface area contributed by atoms with Gasteiger partial charge in [-0.3, -0.25) is 4.79 Å². The Kier molecular flexibility index (Phi) is 8.08. The van der Waals surface area contributed by atoms with Crippen LogP contribution >= 0.6 is 12.4 Å². The van der Waals surface area contributed by atoms with Crippen molar-refractivity contribution >= 4 is 30.0 Å². The molecule has 1 fully saturated rings. The second-order valence-electron chi connectivity index (χ2n) is 6.82. The third-order valence-electron chi connectivity index (χ3n) is 4.59. The standard InChI is InChI=1S/C20H21F3N4O2.ClH/c21-16-12-18(23)17(22)10-13(16)9-14(24)11-19(28)26-7-4-8-27(26)20(29)25-15-5-2-1-3-6-15;/h1-3,5-6,10,12,14H,4,7-9,11,24H2,(H,25,29);1H. The van der Waals surface area contributed by atoms with Crippen molar-refractivity contribution in [1.29, 1.82) is 0 Å². The topological polar surface area (TPSA) is 78.7 Å². The average Bonchev–Trinajstić information content (AvgIpc) is 3.17. The lowest BCUT2D eigenvalue weighted by Crippen LogP contribution is -2.48. The van der Waals surface area contributed by atoms with Gasteiger partial charge in [-0.15, -0.1) is 12.4 Å². The zero-order valence-corrected chi connectivity index (χ0v) is 16.8. The summed E-state index contributed by atoms with van der Waals surface area (Å²) in [6.45, 7) is 0.727. The van der Waals surface area contributed by atoms with Crippen LogP contribution in [0.2, 0.25) is 0 Å². The minimum Gasteiger partial charge on any atom is -0.327 e. The summed E-state index contributed by atoms with van der Waals surface area (Å²) >= 11 is 0. The van der Waals surface area contributed by atoms with Crippen molar-refractivity contribution in [3.05, 3.63) is 65.5 Å². The first-order valence-corrected chi connectivity index (χ1v) is 9.18. The van der Waals surface area contributed by atoms with Crippen LogP contribution in [-0.4, -0.2) is 41.1 Å². The van der Waals surface area contributed by atoms with Crippen LogP contribution < -0.4 is 11.1 Å². The van der Waals surface area contributed by atoms with E-state index in [-0.39, 0.29) is 30.8 Å². The number of para-hydroxylation sites is 1. The number of carbonyl (C=O) groups excluding carboxylic acids is 2. The summed E-state index contributed by atoms with van der Waals surface area (Å²) in [7, 11) is 0. The Bertz CT molecular complexity index is 901. The SMILES string of the molecule is Cl.NC(CC(=O)N1CCCN1C(=O)Nc1ccccc1)Cc1cc(F)c(F)cc1F. The predicted octanol–water partition coefficient (Wildman–Crippen LogP) is 3.47. The monoisotopic (exact) mass is 442 g/mol. The fourth-order valence-electron chi connectivity index (χ4n) is 3.20. The highest BCUT2D eigenvalue weighted by Gasteiger charge is 2.31. The number of hydrazine groups is 1. The minimum absolute atomic E-state index is 0. The van der Waals surface area contributed by atoms with Gasteiger partial charge in [0.1, 0.15) is 5.82 Å². The number of rotatable bonds is 5. The number of hydrogen-bond acceptors (Lipinski definition) is 3. The van der Waals surface area contributed by atoms with Gasteiger partial charge in [0, 0.05) is 37.3 Å². The molecule has 6 nitrogen and oxygen atoms in total. The van der Waals surface area contributed by atoms with Crippen molar-refractivity contribution < 1.29 is 22.8 Å². The Hall–Kier alpha value is -2.78. The van der Waals surface area contributed by atoms with Gasteiger partial charge in [0.25, 0.3) is 0 Å². The lowest BCUT2D eigenvalue weighted by atomic mass is 10.0. The Morgan fingerprint density at radius 1 is 1.00 bits per heavy atom. The van der Waals surface area contributed by atoms with E-state index in [9.17, 15) is 22.8 Å². The second kappa shape index (κ2) is 10.3. The first kappa shape index (κ1) is 23.5. The number of nitrogens with zero attached hydrogens (tertiary/aromatic N) is 2. The number of urea groups is 1. The van der Waals surface area contributed by atoms with Gasteiger partial charge in [0.2, 0.25) is 5.91 Å². The van der Waals surface area contributed by atoms with E-state index in [1.165, 1.54) is 10.0 Å². The van der Waals surface area contributed by atoms with Crippen LogP contribution in [0.15, 0.2) is 42.5 Å². The van der Waals surface area contributed by atoms with E-state index in [0.717, 1.165) is 6.07 Å². The zero-order valence-electron chi connectivity index (χ0n) is 16.0. The number of hydrogen-bond donors (Lipinski definition) is 2. The summed E-state index contributed by atoms with van der Waals surface area (Å²) in [5.74, 6) is -3.78. The second-order valence-corrected chi connectivity index (χ2v) is 6.82. The molecule has 162 valence electrons. The highest BCUT2D eigenvalue weighted by Crippen LogP contribution is 2.18. The van der Waals surface area contributed by atoms with E-state index in [0.29, 0.717) is 31.3 Å². The van der Waals surface area contributed by atoms with E-state index in [1.807, 2.05) is 6.07 Å². The zero-order chi connectivity index (χ0) is 21.0. The maximum Gasteiger partial charge on any atom is 0.340 e. The highest BCUT2D eigenvalue weighted by atomic mass is 35.5. The van der Waals surface area contributed by atoms with Crippen LogP contribution in [-0.2, 0) is 11.2 Å². The van der Waals surface area contributed by atoms with Crippen molar-refractivity contribution in [3.8, 4) is 0 Å². The molecular formula is C20H22ClF3N4O2. The number of nitrogens with one attached hydrogen (secondary N) is 1. The average molecular weight is 443 g/mol. The first-order chi connectivity index (χ1) is 13.8. The highest BCUT2D eigenvalue weighted by molar-refractivity contribution is 5.91. The van der Waals surface area contributed by atoms with E-state index >= 15 is 0 Å². The van der Waals surface area contributed by atoms with Crippen LogP contribution in [0.4, 0.5) is 23.7 Å². The van der Waals surface area contributed by atoms with Crippen LogP contribution in [0, 0.1) is 17.5 Å². The van der Waals surface area contributed by atoms with E-state index in [2.05, 4.69) is 5.32 Å². The molecule has 2 aromatic rings. The van der Waals surface area contributed by atoms with E-state index in [4.69, 9.17) is 5.73 Å². The number of anilines is 1. The van der Waals surface area contributed by atoms with Crippen molar-refractivity contribution in [2.45, 2.75) is 25.3 Å². The number of nitrogens with two attached hydrogens (primary N) is 1.